The molecule has 1 unspecified atom stereocenters. The molecule has 2 aliphatic rings. The first kappa shape index (κ1) is 32.2. The number of allylic oxidation sites excluding steroid dienone is 1. The van der Waals surface area contributed by atoms with E-state index in [0.29, 0.717) is 41.9 Å². The number of alkyl halides is 6. The van der Waals surface area contributed by atoms with E-state index in [1.54, 1.807) is 25.1 Å². The number of rotatable bonds is 7. The van der Waals surface area contributed by atoms with Crippen LogP contribution in [0.15, 0.2) is 42.0 Å². The molecule has 1 N–H and O–H groups in total. The number of methoxy groups -OCH3 is 1. The van der Waals surface area contributed by atoms with Crippen molar-refractivity contribution in [2.45, 2.75) is 77.4 Å². The first-order valence-corrected chi connectivity index (χ1v) is 13.7. The summed E-state index contributed by atoms with van der Waals surface area (Å²) in [6.07, 6.45) is -10.4. The van der Waals surface area contributed by atoms with Crippen LogP contribution >= 0.6 is 0 Å². The fraction of sp³-hybridized carbons (Fsp3) is 0.484. The normalized spacial score (nSPS) is 21.6. The summed E-state index contributed by atoms with van der Waals surface area (Å²) in [5.41, 5.74) is -0.659. The summed E-state index contributed by atoms with van der Waals surface area (Å²) in [4.78, 5) is 26.1. The van der Waals surface area contributed by atoms with Crippen LogP contribution in [0.25, 0.3) is 5.57 Å². The minimum absolute atomic E-state index is 0.0161. The molecule has 1 aliphatic carbocycles. The molecule has 4 rings (SSSR count). The molecule has 1 amide bonds. The Balaban J connectivity index is 1.76. The van der Waals surface area contributed by atoms with Crippen molar-refractivity contribution in [2.75, 3.05) is 13.7 Å². The van der Waals surface area contributed by atoms with E-state index in [1.165, 1.54) is 18.9 Å². The van der Waals surface area contributed by atoms with E-state index in [-0.39, 0.29) is 18.0 Å². The summed E-state index contributed by atoms with van der Waals surface area (Å²) < 4.78 is 92.0. The summed E-state index contributed by atoms with van der Waals surface area (Å²) in [5.74, 6) is -1.29. The van der Waals surface area contributed by atoms with Gasteiger partial charge in [-0.15, -0.1) is 0 Å². The molecule has 0 spiro atoms. The molecular weight excluding hydrogens is 580 g/mol. The van der Waals surface area contributed by atoms with Gasteiger partial charge in [0, 0.05) is 12.1 Å². The molecule has 1 aliphatic heterocycles. The molecule has 1 saturated heterocycles. The maximum absolute atomic E-state index is 13.5. The number of carbonyl (C=O) groups is 2. The third kappa shape index (κ3) is 6.78. The summed E-state index contributed by atoms with van der Waals surface area (Å²) in [5, 5.41) is 9.55. The van der Waals surface area contributed by atoms with Crippen LogP contribution in [0, 0.1) is 5.41 Å². The Kier molecular flexibility index (Phi) is 8.56. The van der Waals surface area contributed by atoms with Gasteiger partial charge < -0.3 is 14.6 Å². The van der Waals surface area contributed by atoms with Gasteiger partial charge in [0.1, 0.15) is 11.9 Å². The molecule has 6 nitrogen and oxygen atoms in total. The molecule has 12 heteroatoms. The molecule has 2 aromatic carbocycles. The van der Waals surface area contributed by atoms with Crippen molar-refractivity contribution in [3.05, 3.63) is 69.8 Å². The molecule has 0 aromatic heterocycles. The number of hydrogen-bond acceptors (Lipinski definition) is 4. The molecule has 43 heavy (non-hydrogen) atoms. The quantitative estimate of drug-likeness (QED) is 0.317. The van der Waals surface area contributed by atoms with Gasteiger partial charge in [-0.05, 0) is 91.1 Å². The number of carboxylic acids is 1. The van der Waals surface area contributed by atoms with Gasteiger partial charge in [-0.2, -0.15) is 26.3 Å². The summed E-state index contributed by atoms with van der Waals surface area (Å²) >= 11 is 0. The predicted octanol–water partition coefficient (Wildman–Crippen LogP) is 8.47. The van der Waals surface area contributed by atoms with Crippen LogP contribution < -0.4 is 4.74 Å². The van der Waals surface area contributed by atoms with Gasteiger partial charge in [0.2, 0.25) is 0 Å². The van der Waals surface area contributed by atoms with Crippen LogP contribution in [0.5, 0.6) is 5.75 Å². The third-order valence-corrected chi connectivity index (χ3v) is 8.28. The van der Waals surface area contributed by atoms with Crippen molar-refractivity contribution < 1.29 is 50.5 Å². The van der Waals surface area contributed by atoms with E-state index in [9.17, 15) is 41.0 Å². The molecule has 1 heterocycles. The summed E-state index contributed by atoms with van der Waals surface area (Å²) in [6.45, 7) is 7.21. The fourth-order valence-corrected chi connectivity index (χ4v) is 5.77. The highest BCUT2D eigenvalue weighted by Crippen LogP contribution is 2.47. The molecule has 234 valence electrons. The number of amides is 1. The Bertz CT molecular complexity index is 1410. The standard InChI is InChI=1S/C31H33F6NO5/c1-16(27(39)40)18-6-7-25(42-5)24(12-18)23-8-9-29(3,4)14-20(23)15-38-17(2)26(43-28(38)41)19-10-21(30(32,33)34)13-22(11-19)31(35,36)37/h6-7,10-13,16-17,26H,8-9,14-15H2,1-5H3,(H,39,40)/t16?,17-,26-/m0/s1. The smallest absolute Gasteiger partial charge is 0.416 e. The zero-order chi connectivity index (χ0) is 32.1. The van der Waals surface area contributed by atoms with Gasteiger partial charge in [0.25, 0.3) is 0 Å². The molecule has 0 bridgehead atoms. The SMILES string of the molecule is COc1ccc(C(C)C(=O)O)cc1C1=C(CN2C(=O)O[C@H](c3cc(C(F)(F)F)cc(C(F)(F)F)c3)[C@@H]2C)CC(C)(C)CC1. The average molecular weight is 614 g/mol. The highest BCUT2D eigenvalue weighted by atomic mass is 19.4. The van der Waals surface area contributed by atoms with Crippen LogP contribution in [0.3, 0.4) is 0 Å². The molecule has 2 aromatic rings. The average Bonchev–Trinajstić information content (AvgIpc) is 3.19. The third-order valence-electron chi connectivity index (χ3n) is 8.28. The van der Waals surface area contributed by atoms with Crippen LogP contribution in [0.1, 0.15) is 86.8 Å². The van der Waals surface area contributed by atoms with Crippen molar-refractivity contribution >= 4 is 17.6 Å². The highest BCUT2D eigenvalue weighted by molar-refractivity contribution is 5.80. The van der Waals surface area contributed by atoms with E-state index in [2.05, 4.69) is 13.8 Å². The van der Waals surface area contributed by atoms with Crippen LogP contribution in [-0.2, 0) is 21.9 Å². The number of hydrogen-bond donors (Lipinski definition) is 1. The van der Waals surface area contributed by atoms with Crippen molar-refractivity contribution in [3.63, 3.8) is 0 Å². The Morgan fingerprint density at radius 2 is 1.70 bits per heavy atom. The summed E-state index contributed by atoms with van der Waals surface area (Å²) in [6, 6.07) is 5.42. The van der Waals surface area contributed by atoms with Crippen LogP contribution in [-0.4, -0.2) is 41.8 Å². The minimum atomic E-state index is -5.04. The van der Waals surface area contributed by atoms with Crippen LogP contribution in [0.4, 0.5) is 31.1 Å². The van der Waals surface area contributed by atoms with Gasteiger partial charge in [-0.1, -0.05) is 19.9 Å². The maximum atomic E-state index is 13.5. The maximum Gasteiger partial charge on any atom is 0.416 e. The van der Waals surface area contributed by atoms with Crippen molar-refractivity contribution in [3.8, 4) is 5.75 Å². The lowest BCUT2D eigenvalue weighted by Gasteiger charge is -2.36. The Morgan fingerprint density at radius 1 is 1.09 bits per heavy atom. The number of cyclic esters (lactones) is 1. The molecule has 1 fully saturated rings. The zero-order valence-electron chi connectivity index (χ0n) is 24.3. The molecule has 0 radical (unpaired) electrons. The Labute approximate surface area is 245 Å². The second kappa shape index (κ2) is 11.4. The van der Waals surface area contributed by atoms with E-state index in [0.717, 1.165) is 17.6 Å². The minimum Gasteiger partial charge on any atom is -0.496 e. The monoisotopic (exact) mass is 613 g/mol. The number of aliphatic carboxylic acids is 1. The topological polar surface area (TPSA) is 76.1 Å². The summed E-state index contributed by atoms with van der Waals surface area (Å²) in [7, 11) is 1.49. The Hall–Kier alpha value is -3.70. The lowest BCUT2D eigenvalue weighted by molar-refractivity contribution is -0.143. The number of ether oxygens (including phenoxy) is 2. The van der Waals surface area contributed by atoms with Crippen LogP contribution in [0.2, 0.25) is 0 Å². The molecular formula is C31H33F6NO5. The zero-order valence-corrected chi connectivity index (χ0v) is 24.3. The fourth-order valence-electron chi connectivity index (χ4n) is 5.77. The highest BCUT2D eigenvalue weighted by Gasteiger charge is 2.44. The van der Waals surface area contributed by atoms with Gasteiger partial charge in [-0.25, -0.2) is 4.79 Å². The predicted molar refractivity (Wildman–Crippen MR) is 145 cm³/mol. The van der Waals surface area contributed by atoms with Crippen molar-refractivity contribution in [2.24, 2.45) is 5.41 Å². The number of halogens is 6. The number of carboxylic acid groups (broad SMARTS) is 1. The van der Waals surface area contributed by atoms with E-state index < -0.39 is 59.2 Å². The largest absolute Gasteiger partial charge is 0.496 e. The van der Waals surface area contributed by atoms with Gasteiger partial charge in [-0.3, -0.25) is 9.69 Å². The molecule has 3 atom stereocenters. The van der Waals surface area contributed by atoms with Crippen molar-refractivity contribution in [1.29, 1.82) is 0 Å². The lowest BCUT2D eigenvalue weighted by Crippen LogP contribution is -2.35. The van der Waals surface area contributed by atoms with E-state index in [1.807, 2.05) is 0 Å². The van der Waals surface area contributed by atoms with E-state index >= 15 is 0 Å². The second-order valence-corrected chi connectivity index (χ2v) is 12.0. The van der Waals surface area contributed by atoms with Crippen molar-refractivity contribution in [1.82, 2.24) is 4.90 Å². The second-order valence-electron chi connectivity index (χ2n) is 12.0. The number of nitrogens with zero attached hydrogens (tertiary/aromatic N) is 1. The number of benzene rings is 2. The Morgan fingerprint density at radius 3 is 2.23 bits per heavy atom. The lowest BCUT2D eigenvalue weighted by atomic mass is 9.72. The first-order valence-electron chi connectivity index (χ1n) is 13.7. The first-order chi connectivity index (χ1) is 19.8. The van der Waals surface area contributed by atoms with Gasteiger partial charge >= 0.3 is 24.4 Å². The molecule has 0 saturated carbocycles. The van der Waals surface area contributed by atoms with E-state index in [4.69, 9.17) is 9.47 Å². The van der Waals surface area contributed by atoms with Gasteiger partial charge in [0.15, 0.2) is 0 Å². The number of carbonyl (C=O) groups excluding carboxylic acids is 1. The van der Waals surface area contributed by atoms with Gasteiger partial charge in [0.05, 0.1) is 30.2 Å².